The lowest BCUT2D eigenvalue weighted by Crippen LogP contribution is -2.15. The Kier molecular flexibility index (Phi) is 5.87. The molecule has 25 heavy (non-hydrogen) atoms. The molecule has 8 heteroatoms. The van der Waals surface area contributed by atoms with Crippen LogP contribution in [0.3, 0.4) is 0 Å². The van der Waals surface area contributed by atoms with E-state index in [-0.39, 0.29) is 17.0 Å². The summed E-state index contributed by atoms with van der Waals surface area (Å²) in [4.78, 5) is 36.2. The predicted octanol–water partition coefficient (Wildman–Crippen LogP) is 3.46. The highest BCUT2D eigenvalue weighted by Gasteiger charge is 2.20. The number of nitro benzene ring substituents is 1. The Morgan fingerprint density at radius 3 is 2.28 bits per heavy atom. The molecule has 2 aromatic rings. The van der Waals surface area contributed by atoms with Gasteiger partial charge in [-0.3, -0.25) is 14.9 Å². The molecular weight excluding hydrogens is 392 g/mol. The smallest absolute Gasteiger partial charge is 0.338 e. The fourth-order valence-corrected chi connectivity index (χ4v) is 2.37. The first kappa shape index (κ1) is 18.6. The number of Topliss-reactive ketones (excluding diaryl/α,β-unsaturated/α-hetero) is 1. The van der Waals surface area contributed by atoms with Crippen LogP contribution in [0.1, 0.15) is 20.7 Å². The number of nitrogens with zero attached hydrogens (tertiary/aromatic N) is 2. The summed E-state index contributed by atoms with van der Waals surface area (Å²) in [5.41, 5.74) is 0.581. The van der Waals surface area contributed by atoms with Crippen LogP contribution in [0.4, 0.5) is 11.4 Å². The number of anilines is 1. The van der Waals surface area contributed by atoms with Crippen molar-refractivity contribution >= 4 is 39.1 Å². The molecule has 0 saturated heterocycles. The molecule has 7 nitrogen and oxygen atoms in total. The number of nitro groups is 1. The van der Waals surface area contributed by atoms with Gasteiger partial charge in [0.2, 0.25) is 0 Å². The van der Waals surface area contributed by atoms with Gasteiger partial charge < -0.3 is 9.64 Å². The molecule has 0 radical (unpaired) electrons. The minimum atomic E-state index is -0.793. The predicted molar refractivity (Wildman–Crippen MR) is 96.2 cm³/mol. The molecule has 2 rings (SSSR count). The van der Waals surface area contributed by atoms with Crippen LogP contribution in [0, 0.1) is 10.1 Å². The maximum Gasteiger partial charge on any atom is 0.338 e. The summed E-state index contributed by atoms with van der Waals surface area (Å²) >= 11 is 3.27. The highest BCUT2D eigenvalue weighted by Crippen LogP contribution is 2.28. The Hall–Kier alpha value is -2.74. The first-order valence-electron chi connectivity index (χ1n) is 7.21. The van der Waals surface area contributed by atoms with Crippen molar-refractivity contribution in [1.29, 1.82) is 0 Å². The van der Waals surface area contributed by atoms with E-state index in [0.717, 1.165) is 10.5 Å². The van der Waals surface area contributed by atoms with Crippen molar-refractivity contribution in [2.24, 2.45) is 0 Å². The van der Waals surface area contributed by atoms with Crippen LogP contribution < -0.4 is 4.90 Å². The number of benzene rings is 2. The molecule has 0 unspecified atom stereocenters. The Morgan fingerprint density at radius 1 is 1.12 bits per heavy atom. The van der Waals surface area contributed by atoms with Gasteiger partial charge in [-0.1, -0.05) is 28.1 Å². The maximum absolute atomic E-state index is 12.1. The number of ketones is 1. The van der Waals surface area contributed by atoms with E-state index >= 15 is 0 Å². The average molecular weight is 407 g/mol. The van der Waals surface area contributed by atoms with Gasteiger partial charge >= 0.3 is 5.97 Å². The maximum atomic E-state index is 12.1. The number of rotatable bonds is 6. The van der Waals surface area contributed by atoms with E-state index in [2.05, 4.69) is 15.9 Å². The standard InChI is InChI=1S/C17H15BrN2O5/c1-19(2)14-8-5-12(9-15(14)20(23)24)17(22)25-10-16(21)11-3-6-13(18)7-4-11/h3-9H,10H2,1-2H3. The van der Waals surface area contributed by atoms with Gasteiger partial charge in [-0.25, -0.2) is 4.79 Å². The highest BCUT2D eigenvalue weighted by atomic mass is 79.9. The molecule has 130 valence electrons. The van der Waals surface area contributed by atoms with Gasteiger partial charge in [0.25, 0.3) is 5.69 Å². The lowest BCUT2D eigenvalue weighted by molar-refractivity contribution is -0.384. The summed E-state index contributed by atoms with van der Waals surface area (Å²) < 4.78 is 5.80. The van der Waals surface area contributed by atoms with E-state index < -0.39 is 17.5 Å². The molecule has 0 spiro atoms. The minimum absolute atomic E-state index is 0.0147. The summed E-state index contributed by atoms with van der Waals surface area (Å²) in [5, 5.41) is 11.1. The first-order valence-corrected chi connectivity index (χ1v) is 8.00. The fraction of sp³-hybridized carbons (Fsp3) is 0.176. The Bertz CT molecular complexity index is 818. The zero-order chi connectivity index (χ0) is 18.6. The van der Waals surface area contributed by atoms with Crippen LogP contribution in [0.5, 0.6) is 0 Å². The molecule has 0 amide bonds. The third-order valence-electron chi connectivity index (χ3n) is 3.39. The number of hydrogen-bond acceptors (Lipinski definition) is 6. The average Bonchev–Trinajstić information content (AvgIpc) is 2.59. The number of carbonyl (C=O) groups excluding carboxylic acids is 2. The van der Waals surface area contributed by atoms with Crippen LogP contribution in [0.25, 0.3) is 0 Å². The molecule has 0 atom stereocenters. The second-order valence-corrected chi connectivity index (χ2v) is 6.28. The van der Waals surface area contributed by atoms with E-state index in [4.69, 9.17) is 4.74 Å². The first-order chi connectivity index (χ1) is 11.8. The number of hydrogen-bond donors (Lipinski definition) is 0. The van der Waals surface area contributed by atoms with E-state index in [1.165, 1.54) is 12.1 Å². The molecule has 0 aliphatic rings. The van der Waals surface area contributed by atoms with Crippen molar-refractivity contribution in [3.8, 4) is 0 Å². The van der Waals surface area contributed by atoms with E-state index in [0.29, 0.717) is 11.3 Å². The second kappa shape index (κ2) is 7.89. The molecule has 0 saturated carbocycles. The van der Waals surface area contributed by atoms with Gasteiger partial charge in [0.1, 0.15) is 5.69 Å². The minimum Gasteiger partial charge on any atom is -0.454 e. The quantitative estimate of drug-likeness (QED) is 0.315. The van der Waals surface area contributed by atoms with Gasteiger partial charge in [0.15, 0.2) is 12.4 Å². The summed E-state index contributed by atoms with van der Waals surface area (Å²) in [6, 6.07) is 10.7. The van der Waals surface area contributed by atoms with Crippen LogP contribution in [-0.2, 0) is 4.74 Å². The van der Waals surface area contributed by atoms with E-state index in [9.17, 15) is 19.7 Å². The van der Waals surface area contributed by atoms with Gasteiger partial charge in [-0.05, 0) is 24.3 Å². The van der Waals surface area contributed by atoms with Gasteiger partial charge in [0.05, 0.1) is 10.5 Å². The fourth-order valence-electron chi connectivity index (χ4n) is 2.11. The zero-order valence-corrected chi connectivity index (χ0v) is 15.1. The monoisotopic (exact) mass is 406 g/mol. The van der Waals surface area contributed by atoms with E-state index in [1.54, 1.807) is 43.3 Å². The van der Waals surface area contributed by atoms with Crippen molar-refractivity contribution in [3.05, 3.63) is 68.2 Å². The summed E-state index contributed by atoms with van der Waals surface area (Å²) in [6.45, 7) is -0.441. The Morgan fingerprint density at radius 2 is 1.72 bits per heavy atom. The van der Waals surface area contributed by atoms with Crippen LogP contribution in [0.2, 0.25) is 0 Å². The molecule has 0 aromatic heterocycles. The SMILES string of the molecule is CN(C)c1ccc(C(=O)OCC(=O)c2ccc(Br)cc2)cc1[N+](=O)[O-]. The number of ether oxygens (including phenoxy) is 1. The third-order valence-corrected chi connectivity index (χ3v) is 3.92. The van der Waals surface area contributed by atoms with Crippen molar-refractivity contribution < 1.29 is 19.2 Å². The van der Waals surface area contributed by atoms with Crippen molar-refractivity contribution in [3.63, 3.8) is 0 Å². The van der Waals surface area contributed by atoms with Crippen molar-refractivity contribution in [1.82, 2.24) is 0 Å². The molecule has 0 bridgehead atoms. The van der Waals surface area contributed by atoms with Crippen molar-refractivity contribution in [2.45, 2.75) is 0 Å². The summed E-state index contributed by atoms with van der Waals surface area (Å²) in [6.07, 6.45) is 0. The Labute approximate surface area is 152 Å². The molecule has 0 aliphatic carbocycles. The lowest BCUT2D eigenvalue weighted by atomic mass is 10.1. The molecule has 0 fully saturated rings. The Balaban J connectivity index is 2.10. The van der Waals surface area contributed by atoms with Gasteiger partial charge in [-0.15, -0.1) is 0 Å². The lowest BCUT2D eigenvalue weighted by Gasteiger charge is -2.13. The number of carbonyl (C=O) groups is 2. The molecular formula is C17H15BrN2O5. The van der Waals surface area contributed by atoms with Crippen LogP contribution >= 0.6 is 15.9 Å². The molecule has 0 aliphatic heterocycles. The molecule has 0 heterocycles. The topological polar surface area (TPSA) is 89.8 Å². The molecule has 2 aromatic carbocycles. The molecule has 0 N–H and O–H groups in total. The van der Waals surface area contributed by atoms with Crippen molar-refractivity contribution in [2.75, 3.05) is 25.6 Å². The third kappa shape index (κ3) is 4.63. The highest BCUT2D eigenvalue weighted by molar-refractivity contribution is 9.10. The normalized spacial score (nSPS) is 10.2. The van der Waals surface area contributed by atoms with Crippen LogP contribution in [0.15, 0.2) is 46.9 Å². The largest absolute Gasteiger partial charge is 0.454 e. The van der Waals surface area contributed by atoms with Gasteiger partial charge in [-0.2, -0.15) is 0 Å². The summed E-state index contributed by atoms with van der Waals surface area (Å²) in [7, 11) is 3.33. The number of halogens is 1. The number of esters is 1. The summed E-state index contributed by atoms with van der Waals surface area (Å²) in [5.74, 6) is -1.15. The van der Waals surface area contributed by atoms with Crippen LogP contribution in [-0.4, -0.2) is 37.4 Å². The second-order valence-electron chi connectivity index (χ2n) is 5.36. The van der Waals surface area contributed by atoms with Gasteiger partial charge in [0, 0.05) is 30.2 Å². The van der Waals surface area contributed by atoms with E-state index in [1.807, 2.05) is 0 Å². The zero-order valence-electron chi connectivity index (χ0n) is 13.6.